The highest BCUT2D eigenvalue weighted by Crippen LogP contribution is 2.10. The molecule has 4 nitrogen and oxygen atoms in total. The average molecular weight is 291 g/mol. The van der Waals surface area contributed by atoms with Crippen LogP contribution in [0.15, 0.2) is 24.3 Å². The lowest BCUT2D eigenvalue weighted by Gasteiger charge is -2.20. The molecule has 1 aromatic carbocycles. The molecule has 1 amide bonds. The molecule has 0 fully saturated rings. The summed E-state index contributed by atoms with van der Waals surface area (Å²) in [6.07, 6.45) is -0.0848. The van der Waals surface area contributed by atoms with Gasteiger partial charge in [0.2, 0.25) is 5.91 Å². The number of nitrogens with two attached hydrogens (primary N) is 1. The number of ether oxygens (including phenoxy) is 1. The Bertz CT molecular complexity index is 400. The molecule has 0 aromatic heterocycles. The van der Waals surface area contributed by atoms with Crippen LogP contribution in [0.25, 0.3) is 0 Å². The first-order valence-electron chi connectivity index (χ1n) is 5.78. The van der Waals surface area contributed by atoms with Crippen molar-refractivity contribution in [2.45, 2.75) is 19.1 Å². The van der Waals surface area contributed by atoms with E-state index in [4.69, 9.17) is 10.5 Å². The molecule has 0 spiro atoms. The summed E-state index contributed by atoms with van der Waals surface area (Å²) in [5.41, 5.74) is 5.95. The predicted molar refractivity (Wildman–Crippen MR) is 74.6 cm³/mol. The number of hydrogen-bond acceptors (Lipinski definition) is 3. The van der Waals surface area contributed by atoms with Crippen LogP contribution in [0.4, 0.5) is 4.39 Å². The van der Waals surface area contributed by atoms with Crippen molar-refractivity contribution in [3.8, 4) is 0 Å². The molecule has 0 heterocycles. The van der Waals surface area contributed by atoms with E-state index in [9.17, 15) is 9.18 Å². The molecule has 0 radical (unpaired) electrons. The first-order chi connectivity index (χ1) is 8.58. The van der Waals surface area contributed by atoms with E-state index < -0.39 is 0 Å². The van der Waals surface area contributed by atoms with Crippen molar-refractivity contribution in [2.75, 3.05) is 20.7 Å². The second-order valence-corrected chi connectivity index (χ2v) is 4.14. The first kappa shape index (κ1) is 17.8. The van der Waals surface area contributed by atoms with Gasteiger partial charge < -0.3 is 15.4 Å². The Kier molecular flexibility index (Phi) is 8.30. The van der Waals surface area contributed by atoms with Crippen LogP contribution in [0.2, 0.25) is 0 Å². The third kappa shape index (κ3) is 5.55. The van der Waals surface area contributed by atoms with Crippen molar-refractivity contribution in [2.24, 2.45) is 5.73 Å². The highest BCUT2D eigenvalue weighted by molar-refractivity contribution is 5.85. The molecule has 1 unspecified atom stereocenters. The molecule has 108 valence electrons. The minimum absolute atomic E-state index is 0. The molecule has 0 aliphatic heterocycles. The third-order valence-electron chi connectivity index (χ3n) is 2.79. The molecule has 1 rings (SSSR count). The van der Waals surface area contributed by atoms with Crippen LogP contribution in [0.1, 0.15) is 12.0 Å². The van der Waals surface area contributed by atoms with Gasteiger partial charge in [-0.05, 0) is 6.07 Å². The molecule has 1 aromatic rings. The molecule has 6 heteroatoms. The summed E-state index contributed by atoms with van der Waals surface area (Å²) in [5.74, 6) is -0.421. The Hall–Kier alpha value is -1.17. The van der Waals surface area contributed by atoms with Crippen LogP contribution in [-0.2, 0) is 16.1 Å². The zero-order valence-electron chi connectivity index (χ0n) is 11.1. The molecule has 0 aliphatic rings. The molecule has 0 saturated heterocycles. The lowest BCUT2D eigenvalue weighted by Crippen LogP contribution is -2.33. The summed E-state index contributed by atoms with van der Waals surface area (Å²) in [5, 5.41) is 0. The zero-order valence-corrected chi connectivity index (χ0v) is 12.0. The first-order valence-corrected chi connectivity index (χ1v) is 5.78. The number of carbonyl (C=O) groups is 1. The van der Waals surface area contributed by atoms with E-state index in [1.165, 1.54) is 18.1 Å². The van der Waals surface area contributed by atoms with Gasteiger partial charge in [0.1, 0.15) is 5.82 Å². The fourth-order valence-electron chi connectivity index (χ4n) is 1.58. The highest BCUT2D eigenvalue weighted by atomic mass is 35.5. The topological polar surface area (TPSA) is 55.6 Å². The number of halogens is 2. The van der Waals surface area contributed by atoms with E-state index in [1.807, 2.05) is 0 Å². The number of methoxy groups -OCH3 is 1. The monoisotopic (exact) mass is 290 g/mol. The van der Waals surface area contributed by atoms with Gasteiger partial charge in [-0.1, -0.05) is 18.2 Å². The van der Waals surface area contributed by atoms with E-state index >= 15 is 0 Å². The summed E-state index contributed by atoms with van der Waals surface area (Å²) in [4.78, 5) is 13.3. The highest BCUT2D eigenvalue weighted by Gasteiger charge is 2.16. The molecule has 1 atom stereocenters. The predicted octanol–water partition coefficient (Wildman–Crippen LogP) is 1.57. The molecule has 0 aliphatic carbocycles. The van der Waals surface area contributed by atoms with Crippen molar-refractivity contribution in [3.05, 3.63) is 35.6 Å². The maximum Gasteiger partial charge on any atom is 0.225 e. The van der Waals surface area contributed by atoms with Gasteiger partial charge in [0.15, 0.2) is 0 Å². The van der Waals surface area contributed by atoms with Crippen LogP contribution in [0.5, 0.6) is 0 Å². The SMILES string of the molecule is COC(CN)CC(=O)N(C)Cc1ccccc1F.Cl. The van der Waals surface area contributed by atoms with Crippen LogP contribution in [-0.4, -0.2) is 37.6 Å². The second kappa shape index (κ2) is 8.85. The van der Waals surface area contributed by atoms with E-state index in [1.54, 1.807) is 25.2 Å². The Morgan fingerprint density at radius 3 is 2.63 bits per heavy atom. The number of rotatable bonds is 6. The summed E-state index contributed by atoms with van der Waals surface area (Å²) in [6.45, 7) is 0.530. The van der Waals surface area contributed by atoms with Gasteiger partial charge in [-0.3, -0.25) is 4.79 Å². The van der Waals surface area contributed by atoms with Gasteiger partial charge in [0.25, 0.3) is 0 Å². The molecule has 0 bridgehead atoms. The maximum atomic E-state index is 13.4. The van der Waals surface area contributed by atoms with Gasteiger partial charge in [0, 0.05) is 32.8 Å². The van der Waals surface area contributed by atoms with Crippen LogP contribution >= 0.6 is 12.4 Å². The fourth-order valence-corrected chi connectivity index (χ4v) is 1.58. The van der Waals surface area contributed by atoms with Crippen molar-refractivity contribution in [1.82, 2.24) is 4.90 Å². The quantitative estimate of drug-likeness (QED) is 0.865. The molecule has 0 saturated carbocycles. The number of nitrogens with zero attached hydrogens (tertiary/aromatic N) is 1. The Balaban J connectivity index is 0.00000324. The normalized spacial score (nSPS) is 11.6. The number of hydrogen-bond donors (Lipinski definition) is 1. The Labute approximate surface area is 119 Å². The largest absolute Gasteiger partial charge is 0.380 e. The number of carbonyl (C=O) groups excluding carboxylic acids is 1. The van der Waals surface area contributed by atoms with Crippen molar-refractivity contribution < 1.29 is 13.9 Å². The van der Waals surface area contributed by atoms with Gasteiger partial charge >= 0.3 is 0 Å². The maximum absolute atomic E-state index is 13.4. The molecule has 19 heavy (non-hydrogen) atoms. The molecule has 2 N–H and O–H groups in total. The Morgan fingerprint density at radius 1 is 1.47 bits per heavy atom. The minimum Gasteiger partial charge on any atom is -0.380 e. The summed E-state index contributed by atoms with van der Waals surface area (Å²) >= 11 is 0. The van der Waals surface area contributed by atoms with Crippen molar-refractivity contribution >= 4 is 18.3 Å². The minimum atomic E-state index is -0.306. The Morgan fingerprint density at radius 2 is 2.11 bits per heavy atom. The van der Waals surface area contributed by atoms with E-state index in [0.717, 1.165) is 0 Å². The van der Waals surface area contributed by atoms with E-state index in [2.05, 4.69) is 0 Å². The van der Waals surface area contributed by atoms with Gasteiger partial charge in [-0.15, -0.1) is 12.4 Å². The van der Waals surface area contributed by atoms with E-state index in [-0.39, 0.29) is 49.7 Å². The van der Waals surface area contributed by atoms with Crippen LogP contribution in [0.3, 0.4) is 0 Å². The van der Waals surface area contributed by atoms with Gasteiger partial charge in [-0.25, -0.2) is 4.39 Å². The second-order valence-electron chi connectivity index (χ2n) is 4.14. The lowest BCUT2D eigenvalue weighted by molar-refractivity contribution is -0.132. The summed E-state index contributed by atoms with van der Waals surface area (Å²) in [7, 11) is 3.15. The summed E-state index contributed by atoms with van der Waals surface area (Å²) in [6, 6.07) is 6.41. The zero-order chi connectivity index (χ0) is 13.5. The van der Waals surface area contributed by atoms with Crippen LogP contribution < -0.4 is 5.73 Å². The molecular formula is C13H20ClFN2O2. The third-order valence-corrected chi connectivity index (χ3v) is 2.79. The van der Waals surface area contributed by atoms with Crippen molar-refractivity contribution in [3.63, 3.8) is 0 Å². The number of amides is 1. The standard InChI is InChI=1S/C13H19FN2O2.ClH/c1-16(13(17)7-11(8-15)18-2)9-10-5-3-4-6-12(10)14;/h3-6,11H,7-9,15H2,1-2H3;1H. The van der Waals surface area contributed by atoms with E-state index in [0.29, 0.717) is 5.56 Å². The van der Waals surface area contributed by atoms with Gasteiger partial charge in [-0.2, -0.15) is 0 Å². The smallest absolute Gasteiger partial charge is 0.225 e. The van der Waals surface area contributed by atoms with Crippen LogP contribution in [0, 0.1) is 5.82 Å². The number of benzene rings is 1. The lowest BCUT2D eigenvalue weighted by atomic mass is 10.2. The average Bonchev–Trinajstić information content (AvgIpc) is 2.38. The fraction of sp³-hybridized carbons (Fsp3) is 0.462. The van der Waals surface area contributed by atoms with Crippen molar-refractivity contribution in [1.29, 1.82) is 0 Å². The molecular weight excluding hydrogens is 271 g/mol. The summed E-state index contributed by atoms with van der Waals surface area (Å²) < 4.78 is 18.5. The van der Waals surface area contributed by atoms with Gasteiger partial charge in [0.05, 0.1) is 12.5 Å².